The van der Waals surface area contributed by atoms with E-state index >= 15 is 0 Å². The van der Waals surface area contributed by atoms with Gasteiger partial charge in [-0.25, -0.2) is 13.1 Å². The SMILES string of the molecule is CCNCc1sc(S(=O)(=O)NCC2(C(C)C)CC2)cc1C. The van der Waals surface area contributed by atoms with E-state index in [1.807, 2.05) is 13.8 Å². The van der Waals surface area contributed by atoms with Crippen LogP contribution in [-0.4, -0.2) is 21.5 Å². The Bertz CT molecular complexity index is 587. The Morgan fingerprint density at radius 2 is 2.05 bits per heavy atom. The molecule has 1 fully saturated rings. The molecule has 2 N–H and O–H groups in total. The average Bonchev–Trinajstić information content (AvgIpc) is 3.13. The van der Waals surface area contributed by atoms with Crippen molar-refractivity contribution in [3.63, 3.8) is 0 Å². The van der Waals surface area contributed by atoms with E-state index in [0.29, 0.717) is 16.7 Å². The topological polar surface area (TPSA) is 58.2 Å². The molecule has 0 amide bonds. The molecule has 2 rings (SSSR count). The standard InChI is InChI=1S/C15H26N2O2S2/c1-5-16-9-13-12(4)8-14(20-13)21(18,19)17-10-15(6-7-15)11(2)3/h8,11,16-17H,5-7,9-10H2,1-4H3. The first-order valence-corrected chi connectivity index (χ1v) is 9.90. The minimum Gasteiger partial charge on any atom is -0.312 e. The maximum Gasteiger partial charge on any atom is 0.250 e. The first-order chi connectivity index (χ1) is 9.81. The summed E-state index contributed by atoms with van der Waals surface area (Å²) in [5.74, 6) is 0.523. The highest BCUT2D eigenvalue weighted by atomic mass is 32.2. The first-order valence-electron chi connectivity index (χ1n) is 7.60. The van der Waals surface area contributed by atoms with Gasteiger partial charge < -0.3 is 5.32 Å². The van der Waals surface area contributed by atoms with Gasteiger partial charge in [-0.1, -0.05) is 20.8 Å². The third-order valence-electron chi connectivity index (χ3n) is 4.53. The van der Waals surface area contributed by atoms with Gasteiger partial charge in [0.1, 0.15) is 4.21 Å². The Morgan fingerprint density at radius 1 is 1.38 bits per heavy atom. The number of aryl methyl sites for hydroxylation is 1. The average molecular weight is 331 g/mol. The number of thiophene rings is 1. The first kappa shape index (κ1) is 16.9. The summed E-state index contributed by atoms with van der Waals surface area (Å²) >= 11 is 1.37. The normalized spacial score (nSPS) is 17.4. The van der Waals surface area contributed by atoms with E-state index < -0.39 is 10.0 Å². The third kappa shape index (κ3) is 3.86. The summed E-state index contributed by atoms with van der Waals surface area (Å²) in [6.45, 7) is 10.5. The predicted octanol–water partition coefficient (Wildman–Crippen LogP) is 2.88. The molecular formula is C15H26N2O2S2. The maximum atomic E-state index is 12.4. The van der Waals surface area contributed by atoms with Crippen LogP contribution in [0.3, 0.4) is 0 Å². The minimum atomic E-state index is -3.37. The fraction of sp³-hybridized carbons (Fsp3) is 0.733. The van der Waals surface area contributed by atoms with E-state index in [1.54, 1.807) is 6.07 Å². The van der Waals surface area contributed by atoms with Crippen LogP contribution in [0.25, 0.3) is 0 Å². The quantitative estimate of drug-likeness (QED) is 0.770. The molecule has 4 nitrogen and oxygen atoms in total. The molecular weight excluding hydrogens is 304 g/mol. The Morgan fingerprint density at radius 3 is 2.57 bits per heavy atom. The number of rotatable bonds is 8. The highest BCUT2D eigenvalue weighted by Crippen LogP contribution is 2.51. The van der Waals surface area contributed by atoms with Gasteiger partial charge >= 0.3 is 0 Å². The number of sulfonamides is 1. The summed E-state index contributed by atoms with van der Waals surface area (Å²) in [6.07, 6.45) is 2.25. The summed E-state index contributed by atoms with van der Waals surface area (Å²) in [6, 6.07) is 1.79. The lowest BCUT2D eigenvalue weighted by molar-refractivity contribution is 0.357. The van der Waals surface area contributed by atoms with Crippen molar-refractivity contribution < 1.29 is 8.42 Å². The predicted molar refractivity (Wildman–Crippen MR) is 88.1 cm³/mol. The number of nitrogens with one attached hydrogen (secondary N) is 2. The highest BCUT2D eigenvalue weighted by molar-refractivity contribution is 7.91. The van der Waals surface area contributed by atoms with Gasteiger partial charge in [0.15, 0.2) is 0 Å². The van der Waals surface area contributed by atoms with Crippen LogP contribution in [0, 0.1) is 18.3 Å². The molecule has 120 valence electrons. The monoisotopic (exact) mass is 330 g/mol. The second-order valence-electron chi connectivity index (χ2n) is 6.29. The van der Waals surface area contributed by atoms with E-state index in [0.717, 1.165) is 36.4 Å². The molecule has 6 heteroatoms. The third-order valence-corrected chi connectivity index (χ3v) is 7.64. The summed E-state index contributed by atoms with van der Waals surface area (Å²) < 4.78 is 28.2. The van der Waals surface area contributed by atoms with Crippen LogP contribution in [0.5, 0.6) is 0 Å². The molecule has 0 radical (unpaired) electrons. The van der Waals surface area contributed by atoms with Gasteiger partial charge in [-0.2, -0.15) is 0 Å². The molecule has 0 unspecified atom stereocenters. The number of hydrogen-bond donors (Lipinski definition) is 2. The Hall–Kier alpha value is -0.430. The van der Waals surface area contributed by atoms with Gasteiger partial charge in [-0.05, 0) is 49.3 Å². The van der Waals surface area contributed by atoms with Crippen molar-refractivity contribution in [3.05, 3.63) is 16.5 Å². The lowest BCUT2D eigenvalue weighted by Crippen LogP contribution is -2.32. The van der Waals surface area contributed by atoms with Gasteiger partial charge in [0, 0.05) is 18.0 Å². The zero-order valence-corrected chi connectivity index (χ0v) is 15.0. The summed E-state index contributed by atoms with van der Waals surface area (Å²) in [5.41, 5.74) is 1.23. The fourth-order valence-corrected chi connectivity index (χ4v) is 5.21. The van der Waals surface area contributed by atoms with Crippen molar-refractivity contribution in [2.75, 3.05) is 13.1 Å². The summed E-state index contributed by atoms with van der Waals surface area (Å²) in [5, 5.41) is 3.25. The molecule has 0 spiro atoms. The second kappa shape index (κ2) is 6.36. The Kier molecular flexibility index (Phi) is 5.13. The smallest absolute Gasteiger partial charge is 0.250 e. The molecule has 0 aliphatic heterocycles. The van der Waals surface area contributed by atoms with Crippen LogP contribution >= 0.6 is 11.3 Å². The Labute approximate surface area is 132 Å². The van der Waals surface area contributed by atoms with Crippen LogP contribution in [0.15, 0.2) is 10.3 Å². The second-order valence-corrected chi connectivity index (χ2v) is 9.42. The van der Waals surface area contributed by atoms with Crippen molar-refractivity contribution in [1.82, 2.24) is 10.0 Å². The summed E-state index contributed by atoms with van der Waals surface area (Å²) in [4.78, 5) is 1.10. The molecule has 0 bridgehead atoms. The van der Waals surface area contributed by atoms with Crippen LogP contribution < -0.4 is 10.0 Å². The van der Waals surface area contributed by atoms with Crippen LogP contribution in [-0.2, 0) is 16.6 Å². The van der Waals surface area contributed by atoms with Gasteiger partial charge in [0.25, 0.3) is 0 Å². The van der Waals surface area contributed by atoms with E-state index in [4.69, 9.17) is 0 Å². The van der Waals surface area contributed by atoms with E-state index in [9.17, 15) is 8.42 Å². The van der Waals surface area contributed by atoms with Crippen molar-refractivity contribution in [2.45, 2.75) is 51.3 Å². The highest BCUT2D eigenvalue weighted by Gasteiger charge is 2.45. The van der Waals surface area contributed by atoms with Crippen molar-refractivity contribution in [1.29, 1.82) is 0 Å². The van der Waals surface area contributed by atoms with Gasteiger partial charge in [-0.3, -0.25) is 0 Å². The molecule has 1 aliphatic rings. The van der Waals surface area contributed by atoms with Crippen LogP contribution in [0.4, 0.5) is 0 Å². The number of hydrogen-bond acceptors (Lipinski definition) is 4. The zero-order valence-electron chi connectivity index (χ0n) is 13.3. The van der Waals surface area contributed by atoms with E-state index in [-0.39, 0.29) is 5.41 Å². The van der Waals surface area contributed by atoms with Gasteiger partial charge in [-0.15, -0.1) is 11.3 Å². The molecule has 1 saturated carbocycles. The lowest BCUT2D eigenvalue weighted by atomic mass is 9.93. The van der Waals surface area contributed by atoms with Crippen molar-refractivity contribution in [3.8, 4) is 0 Å². The van der Waals surface area contributed by atoms with Gasteiger partial charge in [0.05, 0.1) is 0 Å². The zero-order chi connectivity index (χ0) is 15.7. The summed E-state index contributed by atoms with van der Waals surface area (Å²) in [7, 11) is -3.37. The molecule has 1 aromatic heterocycles. The lowest BCUT2D eigenvalue weighted by Gasteiger charge is -2.19. The van der Waals surface area contributed by atoms with Gasteiger partial charge in [0.2, 0.25) is 10.0 Å². The Balaban J connectivity index is 2.06. The van der Waals surface area contributed by atoms with Crippen molar-refractivity contribution in [2.24, 2.45) is 11.3 Å². The molecule has 1 aromatic rings. The van der Waals surface area contributed by atoms with E-state index in [1.165, 1.54) is 11.3 Å². The molecule has 1 aliphatic carbocycles. The van der Waals surface area contributed by atoms with E-state index in [2.05, 4.69) is 23.9 Å². The molecule has 0 aromatic carbocycles. The minimum absolute atomic E-state index is 0.186. The molecule has 1 heterocycles. The van der Waals surface area contributed by atoms with Crippen LogP contribution in [0.1, 0.15) is 44.1 Å². The fourth-order valence-electron chi connectivity index (χ4n) is 2.46. The maximum absolute atomic E-state index is 12.4. The molecule has 0 atom stereocenters. The molecule has 0 saturated heterocycles. The van der Waals surface area contributed by atoms with Crippen LogP contribution in [0.2, 0.25) is 0 Å². The molecule has 21 heavy (non-hydrogen) atoms. The van der Waals surface area contributed by atoms with Crippen molar-refractivity contribution >= 4 is 21.4 Å². The largest absolute Gasteiger partial charge is 0.312 e.